The number of rotatable bonds is 5. The highest BCUT2D eigenvalue weighted by Crippen LogP contribution is 2.22. The molecule has 0 aliphatic rings. The molecular formula is C16H15N3. The molecule has 0 aliphatic carbocycles. The fourth-order valence-corrected chi connectivity index (χ4v) is 2.11. The quantitative estimate of drug-likeness (QED) is 0.815. The number of hydrogen-bond donors (Lipinski definition) is 0. The summed E-state index contributed by atoms with van der Waals surface area (Å²) < 4.78 is 0. The second kappa shape index (κ2) is 6.42. The van der Waals surface area contributed by atoms with Gasteiger partial charge in [-0.05, 0) is 22.9 Å². The van der Waals surface area contributed by atoms with Crippen molar-refractivity contribution in [1.29, 1.82) is 10.5 Å². The van der Waals surface area contributed by atoms with Gasteiger partial charge in [0, 0.05) is 18.8 Å². The molecule has 0 unspecified atom stereocenters. The van der Waals surface area contributed by atoms with E-state index in [4.69, 9.17) is 10.5 Å². The van der Waals surface area contributed by atoms with E-state index in [0.29, 0.717) is 25.9 Å². The van der Waals surface area contributed by atoms with Crippen LogP contribution in [0.25, 0.3) is 10.8 Å². The van der Waals surface area contributed by atoms with Gasteiger partial charge in [0.05, 0.1) is 25.0 Å². The number of fused-ring (bicyclic) bond motifs is 1. The van der Waals surface area contributed by atoms with E-state index in [-0.39, 0.29) is 0 Å². The average Bonchev–Trinajstić information content (AvgIpc) is 2.47. The first kappa shape index (κ1) is 12.9. The van der Waals surface area contributed by atoms with Crippen LogP contribution in [0.1, 0.15) is 12.8 Å². The lowest BCUT2D eigenvalue weighted by molar-refractivity contribution is 0.797. The lowest BCUT2D eigenvalue weighted by Gasteiger charge is -2.23. The molecule has 0 heterocycles. The Kier molecular flexibility index (Phi) is 4.37. The van der Waals surface area contributed by atoms with Crippen molar-refractivity contribution in [3.05, 3.63) is 42.5 Å². The highest BCUT2D eigenvalue weighted by atomic mass is 15.1. The summed E-state index contributed by atoms with van der Waals surface area (Å²) in [5.74, 6) is 0. The third-order valence-electron chi connectivity index (χ3n) is 3.09. The molecule has 19 heavy (non-hydrogen) atoms. The Balaban J connectivity index is 2.27. The average molecular weight is 249 g/mol. The largest absolute Gasteiger partial charge is 0.369 e. The van der Waals surface area contributed by atoms with Crippen molar-refractivity contribution < 1.29 is 0 Å². The van der Waals surface area contributed by atoms with Gasteiger partial charge in [0.25, 0.3) is 0 Å². The number of nitriles is 2. The summed E-state index contributed by atoms with van der Waals surface area (Å²) in [6.45, 7) is 1.33. The molecule has 0 saturated carbocycles. The van der Waals surface area contributed by atoms with E-state index in [1.165, 1.54) is 10.8 Å². The fraction of sp³-hybridized carbons (Fsp3) is 0.250. The topological polar surface area (TPSA) is 50.8 Å². The van der Waals surface area contributed by atoms with Gasteiger partial charge in [-0.25, -0.2) is 0 Å². The first-order valence-corrected chi connectivity index (χ1v) is 6.33. The van der Waals surface area contributed by atoms with Crippen molar-refractivity contribution in [2.24, 2.45) is 0 Å². The molecule has 0 radical (unpaired) electrons. The van der Waals surface area contributed by atoms with Crippen molar-refractivity contribution in [3.63, 3.8) is 0 Å². The number of nitrogens with zero attached hydrogens (tertiary/aromatic N) is 3. The Morgan fingerprint density at radius 2 is 1.47 bits per heavy atom. The van der Waals surface area contributed by atoms with E-state index in [1.807, 2.05) is 12.1 Å². The Morgan fingerprint density at radius 1 is 0.842 bits per heavy atom. The normalized spacial score (nSPS) is 9.79. The summed E-state index contributed by atoms with van der Waals surface area (Å²) in [7, 11) is 0. The molecule has 0 aromatic heterocycles. The van der Waals surface area contributed by atoms with Crippen molar-refractivity contribution in [3.8, 4) is 12.1 Å². The predicted molar refractivity (Wildman–Crippen MR) is 76.6 cm³/mol. The molecule has 0 amide bonds. The van der Waals surface area contributed by atoms with Crippen molar-refractivity contribution in [2.45, 2.75) is 12.8 Å². The molecular weight excluding hydrogens is 234 g/mol. The number of hydrogen-bond acceptors (Lipinski definition) is 3. The van der Waals surface area contributed by atoms with Crippen LogP contribution in [-0.4, -0.2) is 13.1 Å². The molecule has 2 aromatic rings. The maximum absolute atomic E-state index is 8.72. The van der Waals surface area contributed by atoms with Crippen LogP contribution in [0.5, 0.6) is 0 Å². The predicted octanol–water partition coefficient (Wildman–Crippen LogP) is 3.47. The van der Waals surface area contributed by atoms with E-state index >= 15 is 0 Å². The molecule has 3 nitrogen and oxygen atoms in total. The molecule has 0 spiro atoms. The first-order valence-electron chi connectivity index (χ1n) is 6.33. The van der Waals surface area contributed by atoms with Gasteiger partial charge in [0.2, 0.25) is 0 Å². The lowest BCUT2D eigenvalue weighted by atomic mass is 10.1. The third-order valence-corrected chi connectivity index (χ3v) is 3.09. The van der Waals surface area contributed by atoms with E-state index in [2.05, 4.69) is 47.4 Å². The maximum Gasteiger partial charge on any atom is 0.0640 e. The van der Waals surface area contributed by atoms with Crippen LogP contribution in [0, 0.1) is 22.7 Å². The highest BCUT2D eigenvalue weighted by molar-refractivity contribution is 5.85. The van der Waals surface area contributed by atoms with Gasteiger partial charge < -0.3 is 4.90 Å². The summed E-state index contributed by atoms with van der Waals surface area (Å²) in [5, 5.41) is 19.8. The second-order valence-corrected chi connectivity index (χ2v) is 4.33. The minimum Gasteiger partial charge on any atom is -0.369 e. The molecule has 0 aliphatic heterocycles. The fourth-order valence-electron chi connectivity index (χ4n) is 2.11. The summed E-state index contributed by atoms with van der Waals surface area (Å²) in [6.07, 6.45) is 0.941. The Morgan fingerprint density at radius 3 is 2.11 bits per heavy atom. The van der Waals surface area contributed by atoms with E-state index in [0.717, 1.165) is 5.69 Å². The molecule has 3 heteroatoms. The van der Waals surface area contributed by atoms with Gasteiger partial charge in [0.15, 0.2) is 0 Å². The first-order chi connectivity index (χ1) is 9.35. The summed E-state index contributed by atoms with van der Waals surface area (Å²) in [5.41, 5.74) is 1.07. The zero-order chi connectivity index (χ0) is 13.5. The Labute approximate surface area is 113 Å². The summed E-state index contributed by atoms with van der Waals surface area (Å²) >= 11 is 0. The Bertz CT molecular complexity index is 616. The molecule has 2 rings (SSSR count). The minimum absolute atomic E-state index is 0.470. The molecule has 0 saturated heterocycles. The van der Waals surface area contributed by atoms with Crippen LogP contribution < -0.4 is 4.90 Å². The SMILES string of the molecule is N#CCCN(CCC#N)c1ccc2ccccc2c1. The van der Waals surface area contributed by atoms with Gasteiger partial charge in [-0.2, -0.15) is 10.5 Å². The zero-order valence-electron chi connectivity index (χ0n) is 10.7. The van der Waals surface area contributed by atoms with Crippen LogP contribution in [0.4, 0.5) is 5.69 Å². The monoisotopic (exact) mass is 249 g/mol. The third kappa shape index (κ3) is 3.24. The van der Waals surface area contributed by atoms with Crippen LogP contribution in [-0.2, 0) is 0 Å². The van der Waals surface area contributed by atoms with Gasteiger partial charge in [-0.1, -0.05) is 30.3 Å². The number of benzene rings is 2. The molecule has 0 N–H and O–H groups in total. The van der Waals surface area contributed by atoms with E-state index in [1.54, 1.807) is 0 Å². The summed E-state index contributed by atoms with van der Waals surface area (Å²) in [4.78, 5) is 2.10. The lowest BCUT2D eigenvalue weighted by Crippen LogP contribution is -2.25. The van der Waals surface area contributed by atoms with E-state index in [9.17, 15) is 0 Å². The smallest absolute Gasteiger partial charge is 0.0640 e. The minimum atomic E-state index is 0.470. The standard InChI is InChI=1S/C16H15N3/c17-9-3-11-19(12-4-10-18)16-8-7-14-5-1-2-6-15(14)13-16/h1-2,5-8,13H,3-4,11-12H2. The second-order valence-electron chi connectivity index (χ2n) is 4.33. The Hall–Kier alpha value is -2.52. The van der Waals surface area contributed by atoms with Gasteiger partial charge in [0.1, 0.15) is 0 Å². The highest BCUT2D eigenvalue weighted by Gasteiger charge is 2.06. The van der Waals surface area contributed by atoms with Crippen molar-refractivity contribution >= 4 is 16.5 Å². The zero-order valence-corrected chi connectivity index (χ0v) is 10.7. The van der Waals surface area contributed by atoms with Gasteiger partial charge in [-0.3, -0.25) is 0 Å². The van der Waals surface area contributed by atoms with Gasteiger partial charge >= 0.3 is 0 Å². The van der Waals surface area contributed by atoms with Crippen LogP contribution in [0.3, 0.4) is 0 Å². The molecule has 2 aromatic carbocycles. The van der Waals surface area contributed by atoms with Crippen LogP contribution in [0.2, 0.25) is 0 Å². The van der Waals surface area contributed by atoms with Gasteiger partial charge in [-0.15, -0.1) is 0 Å². The number of anilines is 1. The van der Waals surface area contributed by atoms with Crippen LogP contribution in [0.15, 0.2) is 42.5 Å². The molecule has 0 fully saturated rings. The maximum atomic E-state index is 8.72. The van der Waals surface area contributed by atoms with E-state index < -0.39 is 0 Å². The molecule has 0 atom stereocenters. The molecule has 94 valence electrons. The van der Waals surface area contributed by atoms with Crippen molar-refractivity contribution in [1.82, 2.24) is 0 Å². The van der Waals surface area contributed by atoms with Crippen LogP contribution >= 0.6 is 0 Å². The molecule has 0 bridgehead atoms. The summed E-state index contributed by atoms with van der Waals surface area (Å²) in [6, 6.07) is 18.7. The van der Waals surface area contributed by atoms with Crippen molar-refractivity contribution in [2.75, 3.05) is 18.0 Å².